The Hall–Kier alpha value is -1.40. The number of ether oxygens (including phenoxy) is 2. The molecule has 6 heteroatoms. The lowest BCUT2D eigenvalue weighted by atomic mass is 9.91. The molecule has 0 heterocycles. The molecule has 0 fully saturated rings. The van der Waals surface area contributed by atoms with E-state index in [0.29, 0.717) is 30.3 Å². The molecule has 0 rings (SSSR count). The van der Waals surface area contributed by atoms with Crippen molar-refractivity contribution in [1.29, 1.82) is 0 Å². The predicted molar refractivity (Wildman–Crippen MR) is 94.4 cm³/mol. The van der Waals surface area contributed by atoms with Crippen LogP contribution in [-0.4, -0.2) is 41.7 Å². The fraction of sp³-hybridized carbons (Fsp3) is 0.667. The van der Waals surface area contributed by atoms with Crippen molar-refractivity contribution >= 4 is 22.4 Å². The Labute approximate surface area is 149 Å². The van der Waals surface area contributed by atoms with E-state index in [0.717, 1.165) is 32.1 Å². The van der Waals surface area contributed by atoms with E-state index in [1.807, 2.05) is 0 Å². The third kappa shape index (κ3) is 9.67. The summed E-state index contributed by atoms with van der Waals surface area (Å²) in [7, 11) is 3.14. The molecular weight excluding hydrogens is 324 g/mol. The van der Waals surface area contributed by atoms with Gasteiger partial charge in [0.05, 0.1) is 13.2 Å². The van der Waals surface area contributed by atoms with Crippen LogP contribution in [0.1, 0.15) is 52.9 Å². The molecule has 5 nitrogen and oxygen atoms in total. The molecule has 0 spiro atoms. The number of hydrogen-bond donors (Lipinski definition) is 0. The van der Waals surface area contributed by atoms with Crippen LogP contribution in [0.25, 0.3) is 0 Å². The van der Waals surface area contributed by atoms with Crippen molar-refractivity contribution in [3.8, 4) is 0 Å². The SMILES string of the molecule is C=C(C)C(=O)OCCCC(CCCOC(=O)C(=C)C)C(CC)O[Si]. The Morgan fingerprint density at radius 2 is 1.38 bits per heavy atom. The van der Waals surface area contributed by atoms with E-state index >= 15 is 0 Å². The van der Waals surface area contributed by atoms with Crippen LogP contribution < -0.4 is 0 Å². The second-order valence-corrected chi connectivity index (χ2v) is 6.18. The van der Waals surface area contributed by atoms with E-state index in [9.17, 15) is 9.59 Å². The van der Waals surface area contributed by atoms with Crippen molar-refractivity contribution in [1.82, 2.24) is 0 Å². The second kappa shape index (κ2) is 13.0. The van der Waals surface area contributed by atoms with Gasteiger partial charge < -0.3 is 13.9 Å². The Morgan fingerprint density at radius 3 is 1.67 bits per heavy atom. The summed E-state index contributed by atoms with van der Waals surface area (Å²) in [6.45, 7) is 13.1. The van der Waals surface area contributed by atoms with Crippen molar-refractivity contribution in [2.45, 2.75) is 59.0 Å². The topological polar surface area (TPSA) is 61.8 Å². The minimum absolute atomic E-state index is 0.0651. The monoisotopic (exact) mass is 353 g/mol. The Kier molecular flexibility index (Phi) is 12.2. The summed E-state index contributed by atoms with van der Waals surface area (Å²) >= 11 is 0. The van der Waals surface area contributed by atoms with Gasteiger partial charge in [-0.25, -0.2) is 9.59 Å². The van der Waals surface area contributed by atoms with Crippen molar-refractivity contribution in [3.63, 3.8) is 0 Å². The summed E-state index contributed by atoms with van der Waals surface area (Å²) in [4.78, 5) is 22.7. The smallest absolute Gasteiger partial charge is 0.333 e. The van der Waals surface area contributed by atoms with Crippen LogP contribution in [0.3, 0.4) is 0 Å². The number of hydrogen-bond acceptors (Lipinski definition) is 5. The standard InChI is InChI=1S/C18H29O5Si/c1-6-16(23-24)15(9-7-11-21-17(19)13(2)3)10-8-12-22-18(20)14(4)5/h15-16H,2,4,6-12H2,1,3,5H3. The fourth-order valence-electron chi connectivity index (χ4n) is 2.30. The van der Waals surface area contributed by atoms with Gasteiger partial charge in [-0.15, -0.1) is 0 Å². The Balaban J connectivity index is 4.24. The molecule has 0 aromatic heterocycles. The van der Waals surface area contributed by atoms with E-state index in [-0.39, 0.29) is 18.0 Å². The van der Waals surface area contributed by atoms with Crippen molar-refractivity contribution in [2.75, 3.05) is 13.2 Å². The highest BCUT2D eigenvalue weighted by molar-refractivity contribution is 5.98. The van der Waals surface area contributed by atoms with Crippen LogP contribution in [-0.2, 0) is 23.5 Å². The third-order valence-corrected chi connectivity index (χ3v) is 3.98. The molecule has 24 heavy (non-hydrogen) atoms. The number of esters is 2. The van der Waals surface area contributed by atoms with Gasteiger partial charge in [0, 0.05) is 17.3 Å². The first-order valence-corrected chi connectivity index (χ1v) is 8.71. The highest BCUT2D eigenvalue weighted by Crippen LogP contribution is 2.22. The molecule has 0 aromatic rings. The molecule has 1 atom stereocenters. The number of rotatable bonds is 13. The van der Waals surface area contributed by atoms with Crippen molar-refractivity contribution < 1.29 is 23.5 Å². The summed E-state index contributed by atoms with van der Waals surface area (Å²) in [6, 6.07) is 0. The molecule has 0 aliphatic heterocycles. The maximum absolute atomic E-state index is 11.4. The molecule has 0 N–H and O–H groups in total. The van der Waals surface area contributed by atoms with Crippen molar-refractivity contribution in [3.05, 3.63) is 24.3 Å². The maximum atomic E-state index is 11.4. The molecule has 0 saturated carbocycles. The van der Waals surface area contributed by atoms with Crippen LogP contribution in [0.15, 0.2) is 24.3 Å². The van der Waals surface area contributed by atoms with E-state index in [1.54, 1.807) is 13.8 Å². The highest BCUT2D eigenvalue weighted by atomic mass is 28.2. The number of carbonyl (C=O) groups is 2. The zero-order chi connectivity index (χ0) is 18.5. The summed E-state index contributed by atoms with van der Waals surface area (Å²) in [5.41, 5.74) is 0.807. The molecular formula is C18H29O5Si. The van der Waals surface area contributed by atoms with Gasteiger partial charge in [0.1, 0.15) is 0 Å². The van der Waals surface area contributed by atoms with E-state index < -0.39 is 0 Å². The Morgan fingerprint density at radius 1 is 0.958 bits per heavy atom. The fourth-order valence-corrected chi connectivity index (χ4v) is 2.66. The minimum atomic E-state index is -0.360. The van der Waals surface area contributed by atoms with Gasteiger partial charge in [-0.1, -0.05) is 20.1 Å². The average Bonchev–Trinajstić information content (AvgIpc) is 2.54. The van der Waals surface area contributed by atoms with E-state index in [1.165, 1.54) is 0 Å². The lowest BCUT2D eigenvalue weighted by Gasteiger charge is -2.25. The molecule has 0 bridgehead atoms. The van der Waals surface area contributed by atoms with Crippen LogP contribution in [0.5, 0.6) is 0 Å². The quantitative estimate of drug-likeness (QED) is 0.220. The number of carbonyl (C=O) groups excluding carboxylic acids is 2. The summed E-state index contributed by atoms with van der Waals surface area (Å²) in [5.74, 6) is -0.428. The largest absolute Gasteiger partial charge is 0.462 e. The summed E-state index contributed by atoms with van der Waals surface area (Å²) < 4.78 is 15.6. The molecule has 0 amide bonds. The molecule has 0 aliphatic carbocycles. The zero-order valence-corrected chi connectivity index (χ0v) is 16.1. The predicted octanol–water partition coefficient (Wildman–Crippen LogP) is 3.28. The van der Waals surface area contributed by atoms with Crippen LogP contribution in [0.4, 0.5) is 0 Å². The van der Waals surface area contributed by atoms with Gasteiger partial charge in [0.25, 0.3) is 0 Å². The molecule has 0 saturated heterocycles. The van der Waals surface area contributed by atoms with Crippen LogP contribution >= 0.6 is 0 Å². The van der Waals surface area contributed by atoms with Gasteiger partial charge in [0.15, 0.2) is 0 Å². The molecule has 3 radical (unpaired) electrons. The lowest BCUT2D eigenvalue weighted by molar-refractivity contribution is -0.139. The van der Waals surface area contributed by atoms with Gasteiger partial charge in [-0.3, -0.25) is 0 Å². The van der Waals surface area contributed by atoms with E-state index in [4.69, 9.17) is 13.9 Å². The van der Waals surface area contributed by atoms with Gasteiger partial charge in [0.2, 0.25) is 10.5 Å². The maximum Gasteiger partial charge on any atom is 0.333 e. The zero-order valence-electron chi connectivity index (χ0n) is 15.1. The third-order valence-electron chi connectivity index (χ3n) is 3.68. The Bertz CT molecular complexity index is 395. The lowest BCUT2D eigenvalue weighted by Crippen LogP contribution is -2.24. The molecule has 1 unspecified atom stereocenters. The first kappa shape index (κ1) is 22.6. The first-order chi connectivity index (χ1) is 11.3. The van der Waals surface area contributed by atoms with Crippen LogP contribution in [0.2, 0.25) is 0 Å². The van der Waals surface area contributed by atoms with Gasteiger partial charge >= 0.3 is 11.9 Å². The van der Waals surface area contributed by atoms with Gasteiger partial charge in [-0.05, 0) is 51.9 Å². The highest BCUT2D eigenvalue weighted by Gasteiger charge is 2.19. The first-order valence-electron chi connectivity index (χ1n) is 8.31. The van der Waals surface area contributed by atoms with Gasteiger partial charge in [-0.2, -0.15) is 0 Å². The minimum Gasteiger partial charge on any atom is -0.462 e. The van der Waals surface area contributed by atoms with Crippen LogP contribution in [0, 0.1) is 5.92 Å². The van der Waals surface area contributed by atoms with E-state index in [2.05, 4.69) is 30.6 Å². The average molecular weight is 354 g/mol. The molecule has 135 valence electrons. The second-order valence-electron chi connectivity index (χ2n) is 5.94. The molecule has 0 aliphatic rings. The summed E-state index contributed by atoms with van der Waals surface area (Å²) in [6.07, 6.45) is 4.16. The van der Waals surface area contributed by atoms with Crippen molar-refractivity contribution in [2.24, 2.45) is 5.92 Å². The summed E-state index contributed by atoms with van der Waals surface area (Å²) in [5, 5.41) is 0. The normalized spacial score (nSPS) is 11.9. The molecule has 0 aromatic carbocycles.